The molecule has 0 unspecified atom stereocenters. The zero-order chi connectivity index (χ0) is 12.4. The highest BCUT2D eigenvalue weighted by Gasteiger charge is 2.13. The van der Waals surface area contributed by atoms with E-state index in [1.54, 1.807) is 30.3 Å². The Hall–Kier alpha value is -1.67. The van der Waals surface area contributed by atoms with Gasteiger partial charge in [-0.2, -0.15) is 0 Å². The van der Waals surface area contributed by atoms with E-state index in [4.69, 9.17) is 11.6 Å². The average molecular weight is 246 g/mol. The number of pyridine rings is 1. The molecule has 3 heteroatoms. The number of aromatic nitrogens is 1. The fraction of sp³-hybridized carbons (Fsp3) is 0.143. The van der Waals surface area contributed by atoms with Crippen LogP contribution in [-0.4, -0.2) is 10.8 Å². The van der Waals surface area contributed by atoms with Crippen LogP contribution in [0.4, 0.5) is 0 Å². The van der Waals surface area contributed by atoms with Gasteiger partial charge in [0, 0.05) is 22.5 Å². The Morgan fingerprint density at radius 2 is 1.71 bits per heavy atom. The number of rotatable bonds is 2. The molecule has 0 N–H and O–H groups in total. The Labute approximate surface area is 105 Å². The van der Waals surface area contributed by atoms with Gasteiger partial charge < -0.3 is 0 Å². The van der Waals surface area contributed by atoms with E-state index in [1.165, 1.54) is 0 Å². The van der Waals surface area contributed by atoms with Crippen molar-refractivity contribution in [3.63, 3.8) is 0 Å². The molecule has 0 aliphatic heterocycles. The molecule has 0 atom stereocenters. The molecule has 0 spiro atoms. The quantitative estimate of drug-likeness (QED) is 0.757. The molecule has 0 fully saturated rings. The lowest BCUT2D eigenvalue weighted by atomic mass is 10.0. The van der Waals surface area contributed by atoms with Crippen molar-refractivity contribution in [3.05, 3.63) is 63.9 Å². The molecular formula is C14H12ClNO. The summed E-state index contributed by atoms with van der Waals surface area (Å²) in [5.41, 5.74) is 2.82. The predicted molar refractivity (Wildman–Crippen MR) is 68.6 cm³/mol. The van der Waals surface area contributed by atoms with Gasteiger partial charge in [0.15, 0.2) is 5.78 Å². The van der Waals surface area contributed by atoms with Crippen molar-refractivity contribution in [1.29, 1.82) is 0 Å². The molecule has 0 aliphatic rings. The molecule has 1 aromatic heterocycles. The SMILES string of the molecule is Cc1cc(C(=O)c2ccccc2Cl)cc(C)n1. The van der Waals surface area contributed by atoms with Crippen molar-refractivity contribution in [2.24, 2.45) is 0 Å². The Bertz CT molecular complexity index is 558. The van der Waals surface area contributed by atoms with Gasteiger partial charge in [-0.05, 0) is 38.1 Å². The summed E-state index contributed by atoms with van der Waals surface area (Å²) in [5.74, 6) is -0.0656. The van der Waals surface area contributed by atoms with Crippen LogP contribution in [0.5, 0.6) is 0 Å². The number of benzene rings is 1. The summed E-state index contributed by atoms with van der Waals surface area (Å²) in [6.07, 6.45) is 0. The first kappa shape index (κ1) is 11.8. The predicted octanol–water partition coefficient (Wildman–Crippen LogP) is 3.58. The number of halogens is 1. The monoisotopic (exact) mass is 245 g/mol. The third-order valence-corrected chi connectivity index (χ3v) is 2.79. The molecule has 17 heavy (non-hydrogen) atoms. The van der Waals surface area contributed by atoms with E-state index in [0.29, 0.717) is 16.1 Å². The largest absolute Gasteiger partial charge is 0.289 e. The van der Waals surface area contributed by atoms with Crippen molar-refractivity contribution in [2.75, 3.05) is 0 Å². The Kier molecular flexibility index (Phi) is 3.25. The fourth-order valence-corrected chi connectivity index (χ4v) is 1.99. The molecule has 86 valence electrons. The highest BCUT2D eigenvalue weighted by molar-refractivity contribution is 6.34. The first-order chi connectivity index (χ1) is 8.08. The van der Waals surface area contributed by atoms with Crippen LogP contribution in [0.3, 0.4) is 0 Å². The van der Waals surface area contributed by atoms with Crippen LogP contribution in [0.25, 0.3) is 0 Å². The molecule has 2 nitrogen and oxygen atoms in total. The van der Waals surface area contributed by atoms with Crippen LogP contribution in [0.1, 0.15) is 27.3 Å². The first-order valence-corrected chi connectivity index (χ1v) is 5.70. The lowest BCUT2D eigenvalue weighted by Gasteiger charge is -2.05. The maximum atomic E-state index is 12.3. The summed E-state index contributed by atoms with van der Waals surface area (Å²) < 4.78 is 0. The highest BCUT2D eigenvalue weighted by Crippen LogP contribution is 2.19. The van der Waals surface area contributed by atoms with Crippen molar-refractivity contribution in [3.8, 4) is 0 Å². The van der Waals surface area contributed by atoms with E-state index >= 15 is 0 Å². The summed E-state index contributed by atoms with van der Waals surface area (Å²) in [6, 6.07) is 10.6. The van der Waals surface area contributed by atoms with Crippen molar-refractivity contribution in [1.82, 2.24) is 4.98 Å². The molecule has 2 aromatic rings. The summed E-state index contributed by atoms with van der Waals surface area (Å²) in [7, 11) is 0. The Morgan fingerprint density at radius 3 is 2.29 bits per heavy atom. The van der Waals surface area contributed by atoms with Crippen molar-refractivity contribution in [2.45, 2.75) is 13.8 Å². The lowest BCUT2D eigenvalue weighted by Crippen LogP contribution is -2.04. The summed E-state index contributed by atoms with van der Waals surface area (Å²) in [6.45, 7) is 3.74. The maximum Gasteiger partial charge on any atom is 0.194 e. The number of carbonyl (C=O) groups is 1. The number of ketones is 1. The number of carbonyl (C=O) groups excluding carboxylic acids is 1. The second-order valence-corrected chi connectivity index (χ2v) is 4.35. The second kappa shape index (κ2) is 4.68. The molecule has 0 radical (unpaired) electrons. The second-order valence-electron chi connectivity index (χ2n) is 3.95. The minimum atomic E-state index is -0.0656. The summed E-state index contributed by atoms with van der Waals surface area (Å²) in [4.78, 5) is 16.5. The number of hydrogen-bond acceptors (Lipinski definition) is 2. The Morgan fingerprint density at radius 1 is 1.12 bits per heavy atom. The molecular weight excluding hydrogens is 234 g/mol. The average Bonchev–Trinajstić information content (AvgIpc) is 2.27. The zero-order valence-corrected chi connectivity index (χ0v) is 10.5. The van der Waals surface area contributed by atoms with Gasteiger partial charge in [-0.3, -0.25) is 9.78 Å². The van der Waals surface area contributed by atoms with Gasteiger partial charge >= 0.3 is 0 Å². The number of nitrogens with zero attached hydrogens (tertiary/aromatic N) is 1. The van der Waals surface area contributed by atoms with Gasteiger partial charge in [0.25, 0.3) is 0 Å². The smallest absolute Gasteiger partial charge is 0.194 e. The minimum absolute atomic E-state index is 0.0656. The van der Waals surface area contributed by atoms with E-state index in [0.717, 1.165) is 11.4 Å². The summed E-state index contributed by atoms with van der Waals surface area (Å²) >= 11 is 6.01. The topological polar surface area (TPSA) is 30.0 Å². The number of hydrogen-bond donors (Lipinski definition) is 0. The van der Waals surface area contributed by atoms with Crippen LogP contribution in [0.15, 0.2) is 36.4 Å². The van der Waals surface area contributed by atoms with Crippen LogP contribution in [0.2, 0.25) is 5.02 Å². The fourth-order valence-electron chi connectivity index (χ4n) is 1.77. The van der Waals surface area contributed by atoms with Gasteiger partial charge in [-0.25, -0.2) is 0 Å². The van der Waals surface area contributed by atoms with E-state index < -0.39 is 0 Å². The van der Waals surface area contributed by atoms with Gasteiger partial charge in [0.05, 0.1) is 5.02 Å². The van der Waals surface area contributed by atoms with Crippen molar-refractivity contribution < 1.29 is 4.79 Å². The van der Waals surface area contributed by atoms with Crippen LogP contribution >= 0.6 is 11.6 Å². The Balaban J connectivity index is 2.48. The van der Waals surface area contributed by atoms with Crippen LogP contribution < -0.4 is 0 Å². The molecule has 1 aromatic carbocycles. The van der Waals surface area contributed by atoms with Gasteiger partial charge in [0.1, 0.15) is 0 Å². The third kappa shape index (κ3) is 2.53. The molecule has 0 saturated carbocycles. The molecule has 0 bridgehead atoms. The molecule has 0 saturated heterocycles. The minimum Gasteiger partial charge on any atom is -0.289 e. The van der Waals surface area contributed by atoms with Gasteiger partial charge in [-0.1, -0.05) is 23.7 Å². The van der Waals surface area contributed by atoms with Crippen molar-refractivity contribution >= 4 is 17.4 Å². The highest BCUT2D eigenvalue weighted by atomic mass is 35.5. The molecule has 0 aliphatic carbocycles. The van der Waals surface area contributed by atoms with Gasteiger partial charge in [-0.15, -0.1) is 0 Å². The maximum absolute atomic E-state index is 12.3. The van der Waals surface area contributed by atoms with Crippen LogP contribution in [0, 0.1) is 13.8 Å². The van der Waals surface area contributed by atoms with E-state index in [2.05, 4.69) is 4.98 Å². The molecule has 0 amide bonds. The lowest BCUT2D eigenvalue weighted by molar-refractivity contribution is 0.103. The number of aryl methyl sites for hydroxylation is 2. The summed E-state index contributed by atoms with van der Waals surface area (Å²) in [5, 5.41) is 0.476. The van der Waals surface area contributed by atoms with E-state index in [1.807, 2.05) is 19.9 Å². The molecule has 2 rings (SSSR count). The first-order valence-electron chi connectivity index (χ1n) is 5.32. The normalized spacial score (nSPS) is 10.3. The van der Waals surface area contributed by atoms with Crippen LogP contribution in [-0.2, 0) is 0 Å². The zero-order valence-electron chi connectivity index (χ0n) is 9.70. The molecule has 1 heterocycles. The standard InChI is InChI=1S/C14H12ClNO/c1-9-7-11(8-10(2)16-9)14(17)12-5-3-4-6-13(12)15/h3-8H,1-2H3. The third-order valence-electron chi connectivity index (χ3n) is 2.46. The van der Waals surface area contributed by atoms with E-state index in [9.17, 15) is 4.79 Å². The van der Waals surface area contributed by atoms with E-state index in [-0.39, 0.29) is 5.78 Å². The van der Waals surface area contributed by atoms with Gasteiger partial charge in [0.2, 0.25) is 0 Å².